The molecule has 18 heteroatoms. The molecule has 0 aromatic rings. The number of carbonyl (C=O) groups is 2. The van der Waals surface area contributed by atoms with Crippen LogP contribution < -0.4 is 5.73 Å². The number of hydrogen-bond acceptors (Lipinski definition) is 17. The summed E-state index contributed by atoms with van der Waals surface area (Å²) in [7, 11) is 0. The molecule has 3 aliphatic heterocycles. The molecule has 0 aromatic carbocycles. The van der Waals surface area contributed by atoms with Gasteiger partial charge in [-0.05, 0) is 33.1 Å². The van der Waals surface area contributed by atoms with Gasteiger partial charge < -0.3 is 80.9 Å². The maximum Gasteiger partial charge on any atom is 0.311 e. The first-order chi connectivity index (χ1) is 30.6. The highest BCUT2D eigenvalue weighted by molar-refractivity contribution is 5.71. The Kier molecular flexibility index (Phi) is 23.6. The predicted octanol–water partition coefficient (Wildman–Crippen LogP) is 0.712. The van der Waals surface area contributed by atoms with Crippen molar-refractivity contribution < 1.29 is 84.7 Å². The molecule has 0 saturated carbocycles. The lowest BCUT2D eigenvalue weighted by Crippen LogP contribution is -2.61. The van der Waals surface area contributed by atoms with Crippen LogP contribution in [0.3, 0.4) is 0 Å². The number of esters is 1. The molecule has 13 N–H and O–H groups in total. The van der Waals surface area contributed by atoms with Gasteiger partial charge in [0.15, 0.2) is 12.1 Å². The fourth-order valence-electron chi connectivity index (χ4n) is 7.97. The fourth-order valence-corrected chi connectivity index (χ4v) is 7.97. The van der Waals surface area contributed by atoms with E-state index in [0.717, 1.165) is 0 Å². The number of fused-ring (bicyclic) bond motifs is 2. The lowest BCUT2D eigenvalue weighted by Gasteiger charge is -2.45. The van der Waals surface area contributed by atoms with Crippen LogP contribution in [0.1, 0.15) is 79.1 Å². The Bertz CT molecular complexity index is 1670. The monoisotopic (exact) mass is 923 g/mol. The summed E-state index contributed by atoms with van der Waals surface area (Å²) in [5.41, 5.74) is 6.02. The Morgan fingerprint density at radius 2 is 1.23 bits per heavy atom. The molecular formula is C47H73NO17. The molecular weight excluding hydrogens is 851 g/mol. The van der Waals surface area contributed by atoms with E-state index in [4.69, 9.17) is 24.7 Å². The Balaban J connectivity index is 1.86. The van der Waals surface area contributed by atoms with Crippen LogP contribution in [0.4, 0.5) is 0 Å². The highest BCUT2D eigenvalue weighted by Crippen LogP contribution is 2.38. The van der Waals surface area contributed by atoms with Crippen LogP contribution >= 0.6 is 0 Å². The number of rotatable bonds is 3. The molecule has 368 valence electrons. The van der Waals surface area contributed by atoms with Crippen LogP contribution in [-0.2, 0) is 28.5 Å². The molecule has 3 heterocycles. The summed E-state index contributed by atoms with van der Waals surface area (Å²) in [6.45, 7) is 6.74. The Hall–Kier alpha value is -3.44. The van der Waals surface area contributed by atoms with E-state index in [1.807, 2.05) is 19.1 Å². The van der Waals surface area contributed by atoms with Crippen molar-refractivity contribution >= 4 is 11.9 Å². The van der Waals surface area contributed by atoms with Crippen LogP contribution in [0.2, 0.25) is 0 Å². The summed E-state index contributed by atoms with van der Waals surface area (Å²) in [6, 6.07) is -1.15. The maximum atomic E-state index is 12.6. The topological polar surface area (TPSA) is 320 Å². The van der Waals surface area contributed by atoms with E-state index >= 15 is 0 Å². The zero-order valence-electron chi connectivity index (χ0n) is 37.6. The van der Waals surface area contributed by atoms with E-state index in [0.29, 0.717) is 0 Å². The second-order valence-corrected chi connectivity index (χ2v) is 17.6. The summed E-state index contributed by atoms with van der Waals surface area (Å²) >= 11 is 0. The molecule has 18 nitrogen and oxygen atoms in total. The first-order valence-electron chi connectivity index (χ1n) is 22.3. The molecule has 0 radical (unpaired) electrons. The minimum atomic E-state index is -2.33. The van der Waals surface area contributed by atoms with Gasteiger partial charge in [0.25, 0.3) is 0 Å². The van der Waals surface area contributed by atoms with E-state index in [-0.39, 0.29) is 31.6 Å². The summed E-state index contributed by atoms with van der Waals surface area (Å²) in [4.78, 5) is 25.1. The summed E-state index contributed by atoms with van der Waals surface area (Å²) in [6.07, 6.45) is 3.46. The fraction of sp³-hybridized carbons (Fsp3) is 0.660. The Morgan fingerprint density at radius 1 is 0.662 bits per heavy atom. The van der Waals surface area contributed by atoms with Crippen molar-refractivity contribution in [1.29, 1.82) is 0 Å². The first-order valence-corrected chi connectivity index (χ1v) is 22.3. The number of carboxylic acid groups (broad SMARTS) is 1. The van der Waals surface area contributed by atoms with Gasteiger partial charge in [-0.2, -0.15) is 0 Å². The molecule has 3 aliphatic rings. The Morgan fingerprint density at radius 3 is 1.82 bits per heavy atom. The van der Waals surface area contributed by atoms with Crippen molar-refractivity contribution in [1.82, 2.24) is 0 Å². The molecule has 3 rings (SSSR count). The van der Waals surface area contributed by atoms with Crippen molar-refractivity contribution in [2.45, 2.75) is 177 Å². The number of aliphatic hydroxyl groups excluding tert-OH is 9. The first kappa shape index (κ1) is 55.9. The minimum absolute atomic E-state index is 0.107. The van der Waals surface area contributed by atoms with E-state index < -0.39 is 147 Å². The molecule has 2 fully saturated rings. The van der Waals surface area contributed by atoms with E-state index in [9.17, 15) is 65.8 Å². The van der Waals surface area contributed by atoms with Crippen LogP contribution in [-0.4, -0.2) is 166 Å². The number of ether oxygens (including phenoxy) is 4. The second-order valence-electron chi connectivity index (χ2n) is 17.6. The number of cyclic esters (lactones) is 1. The second kappa shape index (κ2) is 27.4. The molecule has 19 atom stereocenters. The van der Waals surface area contributed by atoms with Gasteiger partial charge in [0.05, 0.1) is 79.6 Å². The van der Waals surface area contributed by atoms with Gasteiger partial charge >= 0.3 is 11.9 Å². The van der Waals surface area contributed by atoms with Crippen molar-refractivity contribution in [3.05, 3.63) is 85.1 Å². The maximum absolute atomic E-state index is 12.6. The molecule has 0 amide bonds. The molecule has 2 saturated heterocycles. The van der Waals surface area contributed by atoms with Gasteiger partial charge in [0.2, 0.25) is 0 Å². The van der Waals surface area contributed by atoms with Gasteiger partial charge in [0.1, 0.15) is 18.1 Å². The normalized spacial score (nSPS) is 45.5. The average molecular weight is 924 g/mol. The van der Waals surface area contributed by atoms with E-state index in [2.05, 4.69) is 0 Å². The molecule has 0 aromatic heterocycles. The standard InChI is InChI=1S/C47H73NO17/c1-27-17-15-13-11-9-7-5-6-8-10-12-14-16-18-34(64-46-44(58)41(48)43(57)30(4)63-46)24-38-40(45(59)60)37(54)26-47(61,65-38)25-33(51)22-36(53)35(52)20-19-31(49)21-32(50)23-39(55)62-29(3)28(2)42(27)56/h5-18,27-38,40-44,46,49-54,56-58,61H,19-26,48H2,1-4H3,(H,59,60)/b6-5+,9-7+,10-8+,13-11+,14-12+,17-15+,18-16+/t27-,28+,29-,30-,31+,32+,33-,34+,35-,36+,37-,38-,40-,41+,42-,43+,44+,46+,47+/m1/s1. The van der Waals surface area contributed by atoms with Crippen molar-refractivity contribution in [2.24, 2.45) is 23.5 Å². The van der Waals surface area contributed by atoms with Gasteiger partial charge in [-0.1, -0.05) is 98.9 Å². The predicted molar refractivity (Wildman–Crippen MR) is 237 cm³/mol. The molecule has 0 unspecified atom stereocenters. The van der Waals surface area contributed by atoms with Crippen LogP contribution in [0.15, 0.2) is 85.1 Å². The number of aliphatic hydroxyl groups is 10. The molecule has 2 bridgehead atoms. The van der Waals surface area contributed by atoms with Crippen LogP contribution in [0.25, 0.3) is 0 Å². The van der Waals surface area contributed by atoms with Gasteiger partial charge in [-0.15, -0.1) is 0 Å². The largest absolute Gasteiger partial charge is 0.481 e. The average Bonchev–Trinajstić information content (AvgIpc) is 3.21. The summed E-state index contributed by atoms with van der Waals surface area (Å²) < 4.78 is 23.1. The lowest BCUT2D eigenvalue weighted by molar-refractivity contribution is -0.308. The number of aliphatic carboxylic acids is 1. The Labute approximate surface area is 381 Å². The highest BCUT2D eigenvalue weighted by atomic mass is 16.7. The SMILES string of the molecule is C[C@@H]1[C@H](O)[C@H](C)/C=C/C=C/C=C/C=C/C=C/C=C/C=C/[C@H](O[C@@H]2O[C@H](C)[C@H](O)[C@H](N)[C@@H]2O)C[C@H]2O[C@@](O)(C[C@H](O)C[C@H](O)[C@H](O)CC[C@H](O)C[C@H](O)CC(=O)O[C@@H]1C)C[C@@H](O)[C@H]2C(=O)O. The number of nitrogens with two attached hydrogens (primary N) is 1. The molecule has 65 heavy (non-hydrogen) atoms. The zero-order chi connectivity index (χ0) is 48.4. The van der Waals surface area contributed by atoms with Crippen molar-refractivity contribution in [3.8, 4) is 0 Å². The van der Waals surface area contributed by atoms with Gasteiger partial charge in [-0.3, -0.25) is 9.59 Å². The van der Waals surface area contributed by atoms with Crippen LogP contribution in [0, 0.1) is 17.8 Å². The van der Waals surface area contributed by atoms with E-state index in [1.54, 1.807) is 80.7 Å². The third-order valence-corrected chi connectivity index (χ3v) is 12.0. The minimum Gasteiger partial charge on any atom is -0.481 e. The van der Waals surface area contributed by atoms with Gasteiger partial charge in [-0.25, -0.2) is 0 Å². The molecule has 0 aliphatic carbocycles. The third kappa shape index (κ3) is 18.6. The summed E-state index contributed by atoms with van der Waals surface area (Å²) in [5.74, 6) is -6.83. The highest BCUT2D eigenvalue weighted by Gasteiger charge is 2.51. The zero-order valence-corrected chi connectivity index (χ0v) is 37.6. The number of carboxylic acids is 1. The quantitative estimate of drug-likeness (QED) is 0.174. The number of allylic oxidation sites excluding steroid dienone is 12. The lowest BCUT2D eigenvalue weighted by atomic mass is 9.82. The summed E-state index contributed by atoms with van der Waals surface area (Å²) in [5, 5.41) is 118. The smallest absolute Gasteiger partial charge is 0.311 e. The number of hydrogen-bond donors (Lipinski definition) is 12. The van der Waals surface area contributed by atoms with E-state index in [1.165, 1.54) is 13.0 Å². The van der Waals surface area contributed by atoms with Crippen molar-refractivity contribution in [2.75, 3.05) is 0 Å². The van der Waals surface area contributed by atoms with Crippen LogP contribution in [0.5, 0.6) is 0 Å². The van der Waals surface area contributed by atoms with Gasteiger partial charge in [0, 0.05) is 37.5 Å². The molecule has 0 spiro atoms. The number of carbonyl (C=O) groups excluding carboxylic acids is 1. The van der Waals surface area contributed by atoms with Crippen molar-refractivity contribution in [3.63, 3.8) is 0 Å². The third-order valence-electron chi connectivity index (χ3n) is 12.0.